The summed E-state index contributed by atoms with van der Waals surface area (Å²) in [6, 6.07) is 26.6. The lowest BCUT2D eigenvalue weighted by molar-refractivity contribution is 0.354. The molecule has 6 aromatic rings. The zero-order valence-electron chi connectivity index (χ0n) is 21.2. The van der Waals surface area contributed by atoms with Crippen LogP contribution >= 0.6 is 0 Å². The Morgan fingerprint density at radius 1 is 0.868 bits per heavy atom. The summed E-state index contributed by atoms with van der Waals surface area (Å²) in [7, 11) is 3.28. The van der Waals surface area contributed by atoms with Crippen molar-refractivity contribution in [2.24, 2.45) is 0 Å². The van der Waals surface area contributed by atoms with Gasteiger partial charge in [0.15, 0.2) is 23.0 Å². The van der Waals surface area contributed by atoms with Crippen molar-refractivity contribution in [2.75, 3.05) is 14.2 Å². The lowest BCUT2D eigenvalue weighted by Crippen LogP contribution is -2.15. The molecule has 0 amide bonds. The van der Waals surface area contributed by atoms with Crippen molar-refractivity contribution in [1.82, 2.24) is 19.6 Å². The van der Waals surface area contributed by atoms with E-state index in [0.29, 0.717) is 28.9 Å². The van der Waals surface area contributed by atoms with E-state index in [1.165, 1.54) is 0 Å². The molecule has 0 saturated carbocycles. The van der Waals surface area contributed by atoms with Crippen molar-refractivity contribution in [1.29, 1.82) is 0 Å². The molecule has 0 aliphatic carbocycles. The third-order valence-electron chi connectivity index (χ3n) is 7.22. The Labute approximate surface area is 219 Å². The molecule has 0 bridgehead atoms. The molecule has 1 aliphatic rings. The predicted molar refractivity (Wildman–Crippen MR) is 145 cm³/mol. The second kappa shape index (κ2) is 8.59. The third-order valence-corrected chi connectivity index (χ3v) is 7.22. The zero-order chi connectivity index (χ0) is 25.8. The Morgan fingerprint density at radius 2 is 1.68 bits per heavy atom. The van der Waals surface area contributed by atoms with E-state index in [-0.39, 0.29) is 5.92 Å². The number of benzene rings is 4. The number of rotatable bonds is 4. The molecule has 38 heavy (non-hydrogen) atoms. The van der Waals surface area contributed by atoms with Crippen LogP contribution in [0.4, 0.5) is 0 Å². The number of nitrogens with zero attached hydrogens (tertiary/aromatic N) is 4. The second-order valence-corrected chi connectivity index (χ2v) is 9.34. The molecular weight excluding hydrogens is 476 g/mol. The fourth-order valence-corrected chi connectivity index (χ4v) is 5.36. The molecule has 7 heteroatoms. The number of ether oxygens (including phenoxy) is 3. The maximum Gasteiger partial charge on any atom is 0.228 e. The number of methoxy groups -OCH3 is 2. The first-order valence-electron chi connectivity index (χ1n) is 12.4. The molecule has 1 unspecified atom stereocenters. The summed E-state index contributed by atoms with van der Waals surface area (Å²) < 4.78 is 19.5. The highest BCUT2D eigenvalue weighted by atomic mass is 16.5. The second-order valence-electron chi connectivity index (χ2n) is 9.34. The van der Waals surface area contributed by atoms with Gasteiger partial charge < -0.3 is 14.2 Å². The van der Waals surface area contributed by atoms with Gasteiger partial charge in [0.1, 0.15) is 12.1 Å². The van der Waals surface area contributed by atoms with Crippen molar-refractivity contribution in [3.05, 3.63) is 107 Å². The molecule has 0 saturated heterocycles. The monoisotopic (exact) mass is 500 g/mol. The molecule has 7 rings (SSSR count). The van der Waals surface area contributed by atoms with E-state index in [9.17, 15) is 0 Å². The predicted octanol–water partition coefficient (Wildman–Crippen LogP) is 6.56. The van der Waals surface area contributed by atoms with E-state index in [4.69, 9.17) is 29.3 Å². The van der Waals surface area contributed by atoms with E-state index in [1.807, 2.05) is 42.5 Å². The number of hydrogen-bond acceptors (Lipinski definition) is 6. The zero-order valence-corrected chi connectivity index (χ0v) is 21.2. The third kappa shape index (κ3) is 3.32. The highest BCUT2D eigenvalue weighted by molar-refractivity contribution is 5.91. The Balaban J connectivity index is 1.52. The standard InChI is InChI=1S/C31H24N4O3/c1-18-8-4-6-10-21(18)29-33-30-27-26(20-13-15-24(36-2)25(16-20)37-3)23-14-12-19-9-5-7-11-22(19)28(23)38-31(27)32-17-35(30)34-29/h4-17,26H,1-3H3. The quantitative estimate of drug-likeness (QED) is 0.273. The lowest BCUT2D eigenvalue weighted by Gasteiger charge is -2.29. The molecule has 1 atom stereocenters. The Kier molecular flexibility index (Phi) is 5.04. The number of aryl methyl sites for hydroxylation is 1. The molecule has 0 radical (unpaired) electrons. The van der Waals surface area contributed by atoms with E-state index < -0.39 is 0 Å². The van der Waals surface area contributed by atoms with Crippen molar-refractivity contribution < 1.29 is 14.2 Å². The number of fused-ring (bicyclic) bond motifs is 6. The van der Waals surface area contributed by atoms with E-state index in [2.05, 4.69) is 43.3 Å². The summed E-state index contributed by atoms with van der Waals surface area (Å²) in [4.78, 5) is 9.74. The van der Waals surface area contributed by atoms with Crippen LogP contribution in [0.2, 0.25) is 0 Å². The molecule has 1 aliphatic heterocycles. The van der Waals surface area contributed by atoms with Crippen LogP contribution in [-0.2, 0) is 0 Å². The minimum Gasteiger partial charge on any atom is -0.493 e. The van der Waals surface area contributed by atoms with Crippen LogP contribution in [-0.4, -0.2) is 33.8 Å². The average molecular weight is 501 g/mol. The number of hydrogen-bond donors (Lipinski definition) is 0. The Hall–Kier alpha value is -4.91. The summed E-state index contributed by atoms with van der Waals surface area (Å²) in [5, 5.41) is 6.93. The fraction of sp³-hybridized carbons (Fsp3) is 0.129. The summed E-state index contributed by atoms with van der Waals surface area (Å²) in [5.74, 6) is 3.07. The van der Waals surface area contributed by atoms with Crippen LogP contribution in [0.25, 0.3) is 27.8 Å². The van der Waals surface area contributed by atoms with Crippen LogP contribution in [0.1, 0.15) is 28.2 Å². The van der Waals surface area contributed by atoms with Gasteiger partial charge in [-0.1, -0.05) is 66.7 Å². The number of aromatic nitrogens is 4. The van der Waals surface area contributed by atoms with Gasteiger partial charge >= 0.3 is 0 Å². The molecule has 0 N–H and O–H groups in total. The average Bonchev–Trinajstić information content (AvgIpc) is 3.40. The van der Waals surface area contributed by atoms with Gasteiger partial charge in [0.25, 0.3) is 0 Å². The first-order valence-corrected chi connectivity index (χ1v) is 12.4. The largest absolute Gasteiger partial charge is 0.493 e. The van der Waals surface area contributed by atoms with Gasteiger partial charge in [-0.3, -0.25) is 0 Å². The van der Waals surface area contributed by atoms with Gasteiger partial charge in [0.05, 0.1) is 19.8 Å². The van der Waals surface area contributed by atoms with Crippen LogP contribution in [0.15, 0.2) is 85.2 Å². The SMILES string of the molecule is COc1ccc(C2c3ccc4ccccc4c3Oc3ncn4nc(-c5ccccc5C)nc4c32)cc1OC. The maximum atomic E-state index is 6.54. The summed E-state index contributed by atoms with van der Waals surface area (Å²) in [6.45, 7) is 2.06. The Bertz CT molecular complexity index is 1860. The van der Waals surface area contributed by atoms with E-state index in [1.54, 1.807) is 25.1 Å². The molecule has 7 nitrogen and oxygen atoms in total. The van der Waals surface area contributed by atoms with Gasteiger partial charge in [-0.2, -0.15) is 0 Å². The summed E-state index contributed by atoms with van der Waals surface area (Å²) >= 11 is 0. The minimum absolute atomic E-state index is 0.219. The molecule has 4 aromatic carbocycles. The highest BCUT2D eigenvalue weighted by Gasteiger charge is 2.35. The smallest absolute Gasteiger partial charge is 0.228 e. The first kappa shape index (κ1) is 22.3. The van der Waals surface area contributed by atoms with Crippen LogP contribution in [0.3, 0.4) is 0 Å². The van der Waals surface area contributed by atoms with Gasteiger partial charge in [-0.05, 0) is 35.6 Å². The van der Waals surface area contributed by atoms with Gasteiger partial charge in [-0.15, -0.1) is 5.10 Å². The van der Waals surface area contributed by atoms with Crippen LogP contribution in [0, 0.1) is 6.92 Å². The molecule has 0 fully saturated rings. The van der Waals surface area contributed by atoms with Crippen molar-refractivity contribution in [3.63, 3.8) is 0 Å². The van der Waals surface area contributed by atoms with Crippen LogP contribution < -0.4 is 14.2 Å². The normalized spacial score (nSPS) is 14.1. The summed E-state index contributed by atoms with van der Waals surface area (Å²) in [5.41, 5.74) is 5.69. The van der Waals surface area contributed by atoms with Crippen molar-refractivity contribution in [2.45, 2.75) is 12.8 Å². The van der Waals surface area contributed by atoms with E-state index in [0.717, 1.165) is 44.3 Å². The lowest BCUT2D eigenvalue weighted by atomic mass is 9.82. The minimum atomic E-state index is -0.219. The molecular formula is C31H24N4O3. The summed E-state index contributed by atoms with van der Waals surface area (Å²) in [6.07, 6.45) is 1.67. The van der Waals surface area contributed by atoms with Crippen molar-refractivity contribution in [3.8, 4) is 34.5 Å². The van der Waals surface area contributed by atoms with Gasteiger partial charge in [-0.25, -0.2) is 14.5 Å². The first-order chi connectivity index (χ1) is 18.7. The van der Waals surface area contributed by atoms with Gasteiger partial charge in [0.2, 0.25) is 5.88 Å². The van der Waals surface area contributed by atoms with Crippen molar-refractivity contribution >= 4 is 16.4 Å². The topological polar surface area (TPSA) is 70.8 Å². The molecule has 3 heterocycles. The van der Waals surface area contributed by atoms with E-state index >= 15 is 0 Å². The molecule has 186 valence electrons. The van der Waals surface area contributed by atoms with Crippen LogP contribution in [0.5, 0.6) is 23.1 Å². The Morgan fingerprint density at radius 3 is 2.53 bits per heavy atom. The molecule has 2 aromatic heterocycles. The maximum absolute atomic E-state index is 6.54. The highest BCUT2D eigenvalue weighted by Crippen LogP contribution is 2.51. The molecule has 0 spiro atoms. The van der Waals surface area contributed by atoms with Gasteiger partial charge in [0, 0.05) is 22.4 Å². The fourth-order valence-electron chi connectivity index (χ4n) is 5.36.